The van der Waals surface area contributed by atoms with Crippen molar-refractivity contribution in [2.75, 3.05) is 14.1 Å². The standard InChI is InChI=1S/C12H20NPSi/c1-13(2)14-12(15(3,4)5)11-9-7-6-8-10-11/h6-10H,1-5H3. The molecule has 0 radical (unpaired) electrons. The van der Waals surface area contributed by atoms with Crippen LogP contribution in [0.25, 0.3) is 0 Å². The van der Waals surface area contributed by atoms with Gasteiger partial charge in [0.25, 0.3) is 0 Å². The summed E-state index contributed by atoms with van der Waals surface area (Å²) in [7, 11) is 4.38. The summed E-state index contributed by atoms with van der Waals surface area (Å²) in [5.41, 5.74) is 1.41. The van der Waals surface area contributed by atoms with Crippen molar-refractivity contribution < 1.29 is 0 Å². The van der Waals surface area contributed by atoms with E-state index in [4.69, 9.17) is 0 Å². The molecule has 1 aromatic rings. The highest BCUT2D eigenvalue weighted by Crippen LogP contribution is 2.20. The fraction of sp³-hybridized carbons (Fsp3) is 0.417. The van der Waals surface area contributed by atoms with Crippen LogP contribution in [-0.4, -0.2) is 31.8 Å². The van der Waals surface area contributed by atoms with E-state index in [2.05, 4.69) is 68.7 Å². The quantitative estimate of drug-likeness (QED) is 0.574. The lowest BCUT2D eigenvalue weighted by molar-refractivity contribution is 0.701. The van der Waals surface area contributed by atoms with Crippen molar-refractivity contribution in [1.82, 2.24) is 4.67 Å². The van der Waals surface area contributed by atoms with Crippen molar-refractivity contribution in [2.24, 2.45) is 0 Å². The molecule has 0 spiro atoms. The summed E-state index contributed by atoms with van der Waals surface area (Å²) in [5, 5.41) is 0. The first-order valence-electron chi connectivity index (χ1n) is 5.23. The minimum absolute atomic E-state index is 1.23. The molecule has 1 aromatic carbocycles. The van der Waals surface area contributed by atoms with Gasteiger partial charge in [0.15, 0.2) is 0 Å². The third-order valence-electron chi connectivity index (χ3n) is 2.06. The zero-order valence-corrected chi connectivity index (χ0v) is 12.2. The Morgan fingerprint density at radius 2 is 1.60 bits per heavy atom. The van der Waals surface area contributed by atoms with Gasteiger partial charge in [-0.25, -0.2) is 0 Å². The number of rotatable bonds is 3. The molecule has 0 bridgehead atoms. The van der Waals surface area contributed by atoms with Crippen LogP contribution in [0.15, 0.2) is 30.3 Å². The summed E-state index contributed by atoms with van der Waals surface area (Å²) >= 11 is 0. The minimum Gasteiger partial charge on any atom is -0.264 e. The molecule has 1 nitrogen and oxygen atoms in total. The topological polar surface area (TPSA) is 3.24 Å². The second-order valence-electron chi connectivity index (χ2n) is 4.91. The monoisotopic (exact) mass is 237 g/mol. The molecule has 0 saturated carbocycles. The van der Waals surface area contributed by atoms with Gasteiger partial charge in [-0.1, -0.05) is 50.0 Å². The average Bonchev–Trinajstić information content (AvgIpc) is 2.14. The Hall–Kier alpha value is -0.433. The molecule has 3 heteroatoms. The molecule has 0 fully saturated rings. The van der Waals surface area contributed by atoms with Gasteiger partial charge in [-0.2, -0.15) is 0 Å². The molecule has 0 aliphatic rings. The summed E-state index contributed by atoms with van der Waals surface area (Å²) < 4.78 is 2.24. The van der Waals surface area contributed by atoms with Crippen molar-refractivity contribution >= 4 is 21.3 Å². The van der Waals surface area contributed by atoms with Crippen LogP contribution in [-0.2, 0) is 0 Å². The van der Waals surface area contributed by atoms with E-state index in [-0.39, 0.29) is 0 Å². The molecule has 0 heterocycles. The highest BCUT2D eigenvalue weighted by atomic mass is 31.1. The first-order valence-corrected chi connectivity index (χ1v) is 9.58. The van der Waals surface area contributed by atoms with E-state index in [1.165, 1.54) is 13.9 Å². The van der Waals surface area contributed by atoms with Gasteiger partial charge >= 0.3 is 0 Å². The Bertz CT molecular complexity index is 338. The maximum atomic E-state index is 2.41. The summed E-state index contributed by atoms with van der Waals surface area (Å²) in [6.45, 7) is 7.23. The van der Waals surface area contributed by atoms with Crippen molar-refractivity contribution in [1.29, 1.82) is 0 Å². The van der Waals surface area contributed by atoms with Crippen LogP contribution < -0.4 is 0 Å². The summed E-state index contributed by atoms with van der Waals surface area (Å²) in [4.78, 5) is 1.60. The van der Waals surface area contributed by atoms with Crippen molar-refractivity contribution in [3.63, 3.8) is 0 Å². The predicted molar refractivity (Wildman–Crippen MR) is 74.5 cm³/mol. The Kier molecular flexibility index (Phi) is 4.27. The Balaban J connectivity index is 3.15. The SMILES string of the molecule is CN(C)P=C(c1ccccc1)[Si](C)(C)C. The zero-order chi connectivity index (χ0) is 11.5. The van der Waals surface area contributed by atoms with E-state index in [1.54, 1.807) is 4.92 Å². The van der Waals surface area contributed by atoms with Crippen molar-refractivity contribution in [2.45, 2.75) is 19.6 Å². The number of hydrogen-bond donors (Lipinski definition) is 0. The Labute approximate surface area is 96.0 Å². The van der Waals surface area contributed by atoms with Gasteiger partial charge in [-0.3, -0.25) is 4.67 Å². The van der Waals surface area contributed by atoms with Gasteiger partial charge in [0.1, 0.15) is 0 Å². The van der Waals surface area contributed by atoms with Crippen LogP contribution in [0.2, 0.25) is 19.6 Å². The molecule has 0 aromatic heterocycles. The first kappa shape index (κ1) is 12.6. The number of benzene rings is 1. The van der Waals surface area contributed by atoms with Gasteiger partial charge in [-0.05, 0) is 32.9 Å². The number of hydrogen-bond acceptors (Lipinski definition) is 1. The van der Waals surface area contributed by atoms with Gasteiger partial charge in [0, 0.05) is 0 Å². The third-order valence-corrected chi connectivity index (χ3v) is 6.94. The summed E-state index contributed by atoms with van der Waals surface area (Å²) in [6.07, 6.45) is 0. The Morgan fingerprint density at radius 1 is 1.07 bits per heavy atom. The molecule has 1 rings (SSSR count). The molecule has 0 unspecified atom stereocenters. The zero-order valence-electron chi connectivity index (χ0n) is 10.3. The van der Waals surface area contributed by atoms with E-state index < -0.39 is 8.07 Å². The van der Waals surface area contributed by atoms with Crippen LogP contribution >= 0.6 is 8.35 Å². The van der Waals surface area contributed by atoms with Gasteiger partial charge in [0.2, 0.25) is 0 Å². The van der Waals surface area contributed by atoms with Crippen LogP contribution in [0.4, 0.5) is 0 Å². The van der Waals surface area contributed by atoms with E-state index in [0.29, 0.717) is 0 Å². The molecular formula is C12H20NPSi. The molecule has 0 amide bonds. The van der Waals surface area contributed by atoms with E-state index in [1.807, 2.05) is 0 Å². The minimum atomic E-state index is -1.23. The predicted octanol–water partition coefficient (Wildman–Crippen LogP) is 3.51. The second kappa shape index (κ2) is 5.07. The summed E-state index contributed by atoms with van der Waals surface area (Å²) in [6, 6.07) is 10.8. The van der Waals surface area contributed by atoms with E-state index in [0.717, 1.165) is 0 Å². The normalized spacial score (nSPS) is 13.3. The first-order chi connectivity index (χ1) is 6.91. The Morgan fingerprint density at radius 3 is 2.00 bits per heavy atom. The van der Waals surface area contributed by atoms with Gasteiger partial charge < -0.3 is 0 Å². The second-order valence-corrected chi connectivity index (χ2v) is 11.8. The molecule has 0 N–H and O–H groups in total. The number of nitrogens with zero attached hydrogens (tertiary/aromatic N) is 1. The largest absolute Gasteiger partial charge is 0.264 e. The average molecular weight is 237 g/mol. The molecular weight excluding hydrogens is 217 g/mol. The maximum absolute atomic E-state index is 2.41. The van der Waals surface area contributed by atoms with Crippen LogP contribution in [0.1, 0.15) is 5.56 Å². The molecule has 15 heavy (non-hydrogen) atoms. The highest BCUT2D eigenvalue weighted by Gasteiger charge is 2.21. The molecule has 82 valence electrons. The van der Waals surface area contributed by atoms with Gasteiger partial charge in [0.05, 0.1) is 8.07 Å². The van der Waals surface area contributed by atoms with Crippen LogP contribution in [0.5, 0.6) is 0 Å². The summed E-state index contributed by atoms with van der Waals surface area (Å²) in [5.74, 6) is 0. The molecule has 0 saturated heterocycles. The fourth-order valence-corrected chi connectivity index (χ4v) is 4.93. The lowest BCUT2D eigenvalue weighted by Crippen LogP contribution is -2.33. The molecule has 0 atom stereocenters. The highest BCUT2D eigenvalue weighted by molar-refractivity contribution is 7.49. The lowest BCUT2D eigenvalue weighted by atomic mass is 10.2. The fourth-order valence-electron chi connectivity index (χ4n) is 1.44. The lowest BCUT2D eigenvalue weighted by Gasteiger charge is -2.22. The molecule has 0 aliphatic heterocycles. The van der Waals surface area contributed by atoms with Crippen molar-refractivity contribution in [3.05, 3.63) is 35.9 Å². The smallest absolute Gasteiger partial charge is 0.0855 e. The van der Waals surface area contributed by atoms with E-state index in [9.17, 15) is 0 Å². The van der Waals surface area contributed by atoms with Crippen LogP contribution in [0, 0.1) is 0 Å². The third kappa shape index (κ3) is 3.90. The van der Waals surface area contributed by atoms with Crippen LogP contribution in [0.3, 0.4) is 0 Å². The maximum Gasteiger partial charge on any atom is 0.0855 e. The van der Waals surface area contributed by atoms with Gasteiger partial charge in [-0.15, -0.1) is 0 Å². The van der Waals surface area contributed by atoms with E-state index >= 15 is 0 Å². The molecule has 0 aliphatic carbocycles. The van der Waals surface area contributed by atoms with Crippen molar-refractivity contribution in [3.8, 4) is 0 Å².